The van der Waals surface area contributed by atoms with Crippen molar-refractivity contribution in [2.75, 3.05) is 5.32 Å². The largest absolute Gasteiger partial charge is 0.324 e. The van der Waals surface area contributed by atoms with E-state index in [1.807, 2.05) is 6.07 Å². The van der Waals surface area contributed by atoms with Gasteiger partial charge < -0.3 is 5.32 Å². The molecule has 0 radical (unpaired) electrons. The molecule has 3 heteroatoms. The van der Waals surface area contributed by atoms with E-state index in [9.17, 15) is 0 Å². The first kappa shape index (κ1) is 10.6. The van der Waals surface area contributed by atoms with Crippen molar-refractivity contribution in [3.8, 4) is 0 Å². The van der Waals surface area contributed by atoms with Crippen molar-refractivity contribution in [3.05, 3.63) is 47.8 Å². The summed E-state index contributed by atoms with van der Waals surface area (Å²) in [5, 5.41) is 3.18. The summed E-state index contributed by atoms with van der Waals surface area (Å²) in [5.41, 5.74) is 3.71. The topological polar surface area (TPSA) is 37.8 Å². The lowest BCUT2D eigenvalue weighted by Crippen LogP contribution is -1.97. The fraction of sp³-hybridized carbons (Fsp3) is 0.231. The molecule has 0 unspecified atom stereocenters. The van der Waals surface area contributed by atoms with Gasteiger partial charge in [-0.05, 0) is 42.7 Å². The van der Waals surface area contributed by atoms with Gasteiger partial charge >= 0.3 is 0 Å². The number of aromatic nitrogens is 2. The van der Waals surface area contributed by atoms with Gasteiger partial charge in [-0.3, -0.25) is 0 Å². The lowest BCUT2D eigenvalue weighted by atomic mass is 10.1. The van der Waals surface area contributed by atoms with Gasteiger partial charge in [-0.15, -0.1) is 0 Å². The average molecular weight is 213 g/mol. The van der Waals surface area contributed by atoms with Crippen LogP contribution in [0.2, 0.25) is 0 Å². The van der Waals surface area contributed by atoms with Gasteiger partial charge in [-0.1, -0.05) is 13.0 Å². The minimum Gasteiger partial charge on any atom is -0.324 e. The Morgan fingerprint density at radius 3 is 2.62 bits per heavy atom. The fourth-order valence-electron chi connectivity index (χ4n) is 1.62. The van der Waals surface area contributed by atoms with Crippen LogP contribution < -0.4 is 5.32 Å². The van der Waals surface area contributed by atoms with Crippen LogP contribution >= 0.6 is 0 Å². The average Bonchev–Trinajstić information content (AvgIpc) is 2.33. The van der Waals surface area contributed by atoms with Crippen LogP contribution in [-0.4, -0.2) is 9.97 Å². The molecule has 1 aromatic carbocycles. The third-order valence-electron chi connectivity index (χ3n) is 2.55. The summed E-state index contributed by atoms with van der Waals surface area (Å²) in [7, 11) is 0. The van der Waals surface area contributed by atoms with Crippen molar-refractivity contribution in [1.29, 1.82) is 0 Å². The highest BCUT2D eigenvalue weighted by molar-refractivity contribution is 5.55. The van der Waals surface area contributed by atoms with Crippen molar-refractivity contribution in [1.82, 2.24) is 9.97 Å². The summed E-state index contributed by atoms with van der Waals surface area (Å²) in [4.78, 5) is 8.26. The minimum atomic E-state index is 0.633. The summed E-state index contributed by atoms with van der Waals surface area (Å²) in [5.74, 6) is 0.633. The Bertz CT molecular complexity index is 466. The first-order valence-corrected chi connectivity index (χ1v) is 5.43. The third-order valence-corrected chi connectivity index (χ3v) is 2.55. The highest BCUT2D eigenvalue weighted by atomic mass is 15.1. The van der Waals surface area contributed by atoms with Crippen LogP contribution in [0.5, 0.6) is 0 Å². The quantitative estimate of drug-likeness (QED) is 0.851. The van der Waals surface area contributed by atoms with E-state index in [1.54, 1.807) is 18.5 Å². The first-order valence-electron chi connectivity index (χ1n) is 5.43. The second-order valence-electron chi connectivity index (χ2n) is 3.69. The number of anilines is 2. The van der Waals surface area contributed by atoms with E-state index in [0.29, 0.717) is 5.95 Å². The summed E-state index contributed by atoms with van der Waals surface area (Å²) >= 11 is 0. The van der Waals surface area contributed by atoms with Crippen LogP contribution in [-0.2, 0) is 6.42 Å². The van der Waals surface area contributed by atoms with Crippen molar-refractivity contribution >= 4 is 11.6 Å². The molecular formula is C13H15N3. The molecule has 0 amide bonds. The monoisotopic (exact) mass is 213 g/mol. The third kappa shape index (κ3) is 2.37. The van der Waals surface area contributed by atoms with Crippen LogP contribution in [0.1, 0.15) is 18.1 Å². The molecule has 3 nitrogen and oxygen atoms in total. The lowest BCUT2D eigenvalue weighted by Gasteiger charge is -2.08. The van der Waals surface area contributed by atoms with E-state index in [2.05, 4.69) is 41.3 Å². The van der Waals surface area contributed by atoms with Gasteiger partial charge in [-0.2, -0.15) is 0 Å². The SMILES string of the molecule is CCc1cc(Nc2ncccn2)ccc1C. The van der Waals surface area contributed by atoms with Crippen molar-refractivity contribution in [3.63, 3.8) is 0 Å². The molecule has 0 aliphatic rings. The van der Waals surface area contributed by atoms with Gasteiger partial charge in [-0.25, -0.2) is 9.97 Å². The maximum absolute atomic E-state index is 4.13. The zero-order valence-electron chi connectivity index (χ0n) is 9.57. The van der Waals surface area contributed by atoms with Crippen LogP contribution in [0, 0.1) is 6.92 Å². The van der Waals surface area contributed by atoms with Gasteiger partial charge in [0.2, 0.25) is 5.95 Å². The molecule has 0 aliphatic heterocycles. The highest BCUT2D eigenvalue weighted by Crippen LogP contribution is 2.18. The van der Waals surface area contributed by atoms with Crippen LogP contribution in [0.25, 0.3) is 0 Å². The predicted octanol–water partition coefficient (Wildman–Crippen LogP) is 3.09. The molecule has 0 atom stereocenters. The Hall–Kier alpha value is -1.90. The molecule has 0 fully saturated rings. The molecule has 0 aliphatic carbocycles. The van der Waals surface area contributed by atoms with E-state index in [4.69, 9.17) is 0 Å². The predicted molar refractivity (Wildman–Crippen MR) is 65.9 cm³/mol. The zero-order valence-corrected chi connectivity index (χ0v) is 9.57. The Labute approximate surface area is 95.6 Å². The van der Waals surface area contributed by atoms with E-state index in [-0.39, 0.29) is 0 Å². The van der Waals surface area contributed by atoms with E-state index in [1.165, 1.54) is 11.1 Å². The van der Waals surface area contributed by atoms with Gasteiger partial charge in [0.05, 0.1) is 0 Å². The number of benzene rings is 1. The zero-order chi connectivity index (χ0) is 11.4. The number of nitrogens with zero attached hydrogens (tertiary/aromatic N) is 2. The first-order chi connectivity index (χ1) is 7.79. The molecule has 82 valence electrons. The molecular weight excluding hydrogens is 198 g/mol. The Morgan fingerprint density at radius 2 is 1.94 bits per heavy atom. The molecule has 1 heterocycles. The van der Waals surface area contributed by atoms with E-state index < -0.39 is 0 Å². The van der Waals surface area contributed by atoms with Gasteiger partial charge in [0.15, 0.2) is 0 Å². The molecule has 0 bridgehead atoms. The van der Waals surface area contributed by atoms with Gasteiger partial charge in [0.25, 0.3) is 0 Å². The van der Waals surface area contributed by atoms with Gasteiger partial charge in [0, 0.05) is 18.1 Å². The van der Waals surface area contributed by atoms with Crippen molar-refractivity contribution in [2.24, 2.45) is 0 Å². The Kier molecular flexibility index (Phi) is 3.15. The Balaban J connectivity index is 2.22. The molecule has 2 aromatic rings. The molecule has 1 aromatic heterocycles. The summed E-state index contributed by atoms with van der Waals surface area (Å²) in [6.07, 6.45) is 4.49. The normalized spacial score (nSPS) is 10.1. The Morgan fingerprint density at radius 1 is 1.19 bits per heavy atom. The maximum Gasteiger partial charge on any atom is 0.227 e. The molecule has 0 saturated heterocycles. The van der Waals surface area contributed by atoms with Crippen molar-refractivity contribution in [2.45, 2.75) is 20.3 Å². The summed E-state index contributed by atoms with van der Waals surface area (Å²) in [6.45, 7) is 4.28. The summed E-state index contributed by atoms with van der Waals surface area (Å²) in [6, 6.07) is 8.11. The highest BCUT2D eigenvalue weighted by Gasteiger charge is 2.00. The summed E-state index contributed by atoms with van der Waals surface area (Å²) < 4.78 is 0. The van der Waals surface area contributed by atoms with Crippen LogP contribution in [0.3, 0.4) is 0 Å². The van der Waals surface area contributed by atoms with E-state index in [0.717, 1.165) is 12.1 Å². The molecule has 1 N–H and O–H groups in total. The molecule has 16 heavy (non-hydrogen) atoms. The van der Waals surface area contributed by atoms with Crippen LogP contribution in [0.4, 0.5) is 11.6 Å². The number of hydrogen-bond acceptors (Lipinski definition) is 3. The number of nitrogens with one attached hydrogen (secondary N) is 1. The van der Waals surface area contributed by atoms with Crippen LogP contribution in [0.15, 0.2) is 36.7 Å². The maximum atomic E-state index is 4.13. The minimum absolute atomic E-state index is 0.633. The second-order valence-corrected chi connectivity index (χ2v) is 3.69. The number of rotatable bonds is 3. The molecule has 2 rings (SSSR count). The number of aryl methyl sites for hydroxylation is 2. The van der Waals surface area contributed by atoms with Crippen molar-refractivity contribution < 1.29 is 0 Å². The second kappa shape index (κ2) is 4.75. The molecule has 0 saturated carbocycles. The standard InChI is InChI=1S/C13H15N3/c1-3-11-9-12(6-5-10(11)2)16-13-14-7-4-8-15-13/h4-9H,3H2,1-2H3,(H,14,15,16). The molecule has 0 spiro atoms. The lowest BCUT2D eigenvalue weighted by molar-refractivity contribution is 1.10. The number of hydrogen-bond donors (Lipinski definition) is 1. The fourth-order valence-corrected chi connectivity index (χ4v) is 1.62. The van der Waals surface area contributed by atoms with E-state index >= 15 is 0 Å². The van der Waals surface area contributed by atoms with Gasteiger partial charge in [0.1, 0.15) is 0 Å². The smallest absolute Gasteiger partial charge is 0.227 e.